The number of nitrogens with one attached hydrogen (secondary N) is 1. The van der Waals surface area contributed by atoms with Gasteiger partial charge in [0.2, 0.25) is 11.7 Å². The lowest BCUT2D eigenvalue weighted by atomic mass is 10.2. The summed E-state index contributed by atoms with van der Waals surface area (Å²) in [5, 5.41) is 10.9. The van der Waals surface area contributed by atoms with E-state index in [1.165, 1.54) is 0 Å². The number of fused-ring (bicyclic) bond motifs is 1. The molecule has 12 heteroatoms. The van der Waals surface area contributed by atoms with Gasteiger partial charge in [0.25, 0.3) is 0 Å². The molecular formula is C16H22F3N7O2. The third kappa shape index (κ3) is 5.62. The number of amides is 1. The van der Waals surface area contributed by atoms with Crippen molar-refractivity contribution in [2.75, 3.05) is 19.0 Å². The van der Waals surface area contributed by atoms with Crippen molar-refractivity contribution in [3.63, 3.8) is 0 Å². The Morgan fingerprint density at radius 3 is 2.64 bits per heavy atom. The van der Waals surface area contributed by atoms with Crippen LogP contribution < -0.4 is 10.2 Å². The van der Waals surface area contributed by atoms with Crippen LogP contribution in [0.4, 0.5) is 19.0 Å². The number of nitrogens with zero attached hydrogens (tertiary/aromatic N) is 6. The summed E-state index contributed by atoms with van der Waals surface area (Å²) < 4.78 is 38.0. The molecule has 1 unspecified atom stereocenters. The molecule has 1 N–H and O–H groups in total. The molecule has 0 saturated heterocycles. The van der Waals surface area contributed by atoms with Crippen molar-refractivity contribution >= 4 is 18.0 Å². The Hall–Kier alpha value is -2.76. The van der Waals surface area contributed by atoms with E-state index in [-0.39, 0.29) is 24.3 Å². The van der Waals surface area contributed by atoms with Crippen molar-refractivity contribution in [1.29, 1.82) is 0 Å². The van der Waals surface area contributed by atoms with Crippen molar-refractivity contribution in [2.24, 2.45) is 0 Å². The molecule has 9 nitrogen and oxygen atoms in total. The maximum Gasteiger partial charge on any atom is 0.390 e. The summed E-state index contributed by atoms with van der Waals surface area (Å²) in [5.74, 6) is 0.883. The topological polar surface area (TPSA) is 97.9 Å². The van der Waals surface area contributed by atoms with Crippen molar-refractivity contribution in [1.82, 2.24) is 29.9 Å². The Morgan fingerprint density at radius 2 is 2.07 bits per heavy atom. The van der Waals surface area contributed by atoms with Gasteiger partial charge in [0, 0.05) is 19.7 Å². The number of aromatic nitrogens is 5. The Bertz CT molecular complexity index is 816. The number of halogens is 3. The molecule has 154 valence electrons. The maximum absolute atomic E-state index is 12.0. The normalized spacial score (nSPS) is 16.9. The van der Waals surface area contributed by atoms with Gasteiger partial charge in [0.05, 0.1) is 24.7 Å². The smallest absolute Gasteiger partial charge is 0.309 e. The molecule has 2 aromatic heterocycles. The van der Waals surface area contributed by atoms with Crippen LogP contribution in [0.25, 0.3) is 0 Å². The summed E-state index contributed by atoms with van der Waals surface area (Å²) in [4.78, 5) is 27.2. The fourth-order valence-corrected chi connectivity index (χ4v) is 2.67. The first-order chi connectivity index (χ1) is 13.1. The van der Waals surface area contributed by atoms with Crippen LogP contribution in [0, 0.1) is 6.92 Å². The molecule has 0 aromatic carbocycles. The molecular weight excluding hydrogens is 379 g/mol. The Balaban J connectivity index is 0.000000203. The highest BCUT2D eigenvalue weighted by molar-refractivity contribution is 5.96. The van der Waals surface area contributed by atoms with Crippen LogP contribution in [0.5, 0.6) is 0 Å². The number of carbonyl (C=O) groups is 2. The lowest BCUT2D eigenvalue weighted by Gasteiger charge is -2.18. The van der Waals surface area contributed by atoms with Gasteiger partial charge in [-0.05, 0) is 20.4 Å². The van der Waals surface area contributed by atoms with E-state index in [4.69, 9.17) is 0 Å². The second-order valence-corrected chi connectivity index (χ2v) is 6.24. The number of aryl methyl sites for hydroxylation is 3. The second-order valence-electron chi connectivity index (χ2n) is 6.24. The number of hydrogen-bond donors (Lipinski definition) is 1. The zero-order valence-electron chi connectivity index (χ0n) is 15.8. The Kier molecular flexibility index (Phi) is 6.89. The molecule has 1 amide bonds. The average molecular weight is 401 g/mol. The van der Waals surface area contributed by atoms with E-state index < -0.39 is 12.6 Å². The zero-order valence-corrected chi connectivity index (χ0v) is 15.8. The van der Waals surface area contributed by atoms with Gasteiger partial charge in [0.15, 0.2) is 6.29 Å². The van der Waals surface area contributed by atoms with Crippen molar-refractivity contribution in [3.05, 3.63) is 23.9 Å². The van der Waals surface area contributed by atoms with Gasteiger partial charge in [-0.2, -0.15) is 18.3 Å². The van der Waals surface area contributed by atoms with Crippen LogP contribution in [0.15, 0.2) is 12.4 Å². The molecule has 0 aliphatic carbocycles. The molecule has 2 aromatic rings. The standard InChI is InChI=1S/C10H16N4O.C6H6F3N3O/c1-7-6-9-13(3)10(15)8(11-2)4-5-14(9)12-7;7-6(8,9)1-2-12-4-10-5(3-13)11-12/h6,8,11H,4-5H2,1-3H3;3-4H,1-2H2. The molecule has 28 heavy (non-hydrogen) atoms. The Morgan fingerprint density at radius 1 is 1.36 bits per heavy atom. The van der Waals surface area contributed by atoms with Crippen LogP contribution in [-0.2, 0) is 17.9 Å². The first kappa shape index (κ1) is 21.5. The molecule has 0 spiro atoms. The van der Waals surface area contributed by atoms with Gasteiger partial charge in [0.1, 0.15) is 12.1 Å². The minimum atomic E-state index is -4.21. The van der Waals surface area contributed by atoms with Crippen molar-refractivity contribution in [2.45, 2.75) is 45.1 Å². The van der Waals surface area contributed by atoms with Gasteiger partial charge >= 0.3 is 6.18 Å². The van der Waals surface area contributed by atoms with Crippen LogP contribution in [-0.4, -0.2) is 63.1 Å². The molecule has 1 aliphatic heterocycles. The van der Waals surface area contributed by atoms with Gasteiger partial charge in [-0.15, -0.1) is 5.10 Å². The lowest BCUT2D eigenvalue weighted by molar-refractivity contribution is -0.137. The lowest BCUT2D eigenvalue weighted by Crippen LogP contribution is -2.42. The quantitative estimate of drug-likeness (QED) is 0.773. The molecule has 3 heterocycles. The third-order valence-corrected chi connectivity index (χ3v) is 4.12. The van der Waals surface area contributed by atoms with Gasteiger partial charge < -0.3 is 5.32 Å². The summed E-state index contributed by atoms with van der Waals surface area (Å²) >= 11 is 0. The van der Waals surface area contributed by atoms with E-state index in [1.54, 1.807) is 11.9 Å². The largest absolute Gasteiger partial charge is 0.390 e. The fourth-order valence-electron chi connectivity index (χ4n) is 2.67. The molecule has 0 saturated carbocycles. The highest BCUT2D eigenvalue weighted by atomic mass is 19.4. The fraction of sp³-hybridized carbons (Fsp3) is 0.562. The Labute approximate surface area is 159 Å². The third-order valence-electron chi connectivity index (χ3n) is 4.12. The number of hydrogen-bond acceptors (Lipinski definition) is 6. The predicted molar refractivity (Wildman–Crippen MR) is 93.9 cm³/mol. The summed E-state index contributed by atoms with van der Waals surface area (Å²) in [5.41, 5.74) is 0.951. The molecule has 1 aliphatic rings. The van der Waals surface area contributed by atoms with Crippen LogP contribution >= 0.6 is 0 Å². The molecule has 1 atom stereocenters. The van der Waals surface area contributed by atoms with Crippen molar-refractivity contribution < 1.29 is 22.8 Å². The molecule has 0 bridgehead atoms. The number of carbonyl (C=O) groups excluding carboxylic acids is 2. The monoisotopic (exact) mass is 401 g/mol. The molecule has 0 radical (unpaired) electrons. The number of aldehydes is 1. The SMILES string of the molecule is CNC1CCn2nc(C)cc2N(C)C1=O.O=Cc1ncn(CCC(F)(F)F)n1. The number of rotatable bonds is 4. The maximum atomic E-state index is 12.0. The van der Waals surface area contributed by atoms with Crippen LogP contribution in [0.3, 0.4) is 0 Å². The number of alkyl halides is 3. The highest BCUT2D eigenvalue weighted by Crippen LogP contribution is 2.21. The number of anilines is 1. The first-order valence-electron chi connectivity index (χ1n) is 8.55. The van der Waals surface area contributed by atoms with E-state index in [0.29, 0.717) is 6.29 Å². The number of likely N-dealkylation sites (N-methyl/N-ethyl adjacent to an activating group) is 2. The summed E-state index contributed by atoms with van der Waals surface area (Å²) in [6.45, 7) is 2.41. The molecule has 3 rings (SSSR count). The van der Waals surface area contributed by atoms with Crippen molar-refractivity contribution in [3.8, 4) is 0 Å². The first-order valence-corrected chi connectivity index (χ1v) is 8.55. The van der Waals surface area contributed by atoms with E-state index >= 15 is 0 Å². The highest BCUT2D eigenvalue weighted by Gasteiger charge is 2.28. The minimum absolute atomic E-state index is 0.1000. The van der Waals surface area contributed by atoms with Crippen LogP contribution in [0.2, 0.25) is 0 Å². The predicted octanol–water partition coefficient (Wildman–Crippen LogP) is 1.19. The zero-order chi connectivity index (χ0) is 20.9. The summed E-state index contributed by atoms with van der Waals surface area (Å²) in [6.07, 6.45) is -2.94. The summed E-state index contributed by atoms with van der Waals surface area (Å²) in [7, 11) is 3.61. The van der Waals surface area contributed by atoms with Gasteiger partial charge in [-0.3, -0.25) is 19.2 Å². The van der Waals surface area contributed by atoms with E-state index in [1.807, 2.05) is 24.7 Å². The minimum Gasteiger partial charge on any atom is -0.309 e. The average Bonchev–Trinajstić information content (AvgIpc) is 3.23. The van der Waals surface area contributed by atoms with Gasteiger partial charge in [-0.1, -0.05) is 0 Å². The molecule has 0 fully saturated rings. The second kappa shape index (κ2) is 8.95. The van der Waals surface area contributed by atoms with Crippen LogP contribution in [0.1, 0.15) is 29.2 Å². The van der Waals surface area contributed by atoms with E-state index in [2.05, 4.69) is 20.5 Å². The van der Waals surface area contributed by atoms with E-state index in [9.17, 15) is 22.8 Å². The summed E-state index contributed by atoms with van der Waals surface area (Å²) in [6, 6.07) is 1.84. The van der Waals surface area contributed by atoms with Gasteiger partial charge in [-0.25, -0.2) is 9.67 Å². The van der Waals surface area contributed by atoms with E-state index in [0.717, 1.165) is 35.5 Å².